The third kappa shape index (κ3) is 5.70. The van der Waals surface area contributed by atoms with Crippen molar-refractivity contribution in [3.8, 4) is 11.5 Å². The van der Waals surface area contributed by atoms with Crippen LogP contribution in [0.15, 0.2) is 77.9 Å². The maximum atomic E-state index is 12.6. The van der Waals surface area contributed by atoms with E-state index in [9.17, 15) is 19.5 Å². The number of phenols is 1. The highest BCUT2D eigenvalue weighted by atomic mass is 16.5. The molecule has 0 fully saturated rings. The van der Waals surface area contributed by atoms with Crippen molar-refractivity contribution in [2.24, 2.45) is 5.10 Å². The van der Waals surface area contributed by atoms with Crippen LogP contribution in [0.4, 0.5) is 11.4 Å². The van der Waals surface area contributed by atoms with Crippen molar-refractivity contribution >= 4 is 35.3 Å². The Morgan fingerprint density at radius 2 is 1.62 bits per heavy atom. The first kappa shape index (κ1) is 22.0. The molecule has 3 aromatic carbocycles. The summed E-state index contributed by atoms with van der Waals surface area (Å²) in [6.45, 7) is 0. The Bertz CT molecular complexity index is 1160. The summed E-state index contributed by atoms with van der Waals surface area (Å²) in [5.41, 5.74) is 3.29. The van der Waals surface area contributed by atoms with Crippen LogP contribution in [-0.4, -0.2) is 36.2 Å². The van der Waals surface area contributed by atoms with Gasteiger partial charge in [-0.15, -0.1) is 0 Å². The van der Waals surface area contributed by atoms with E-state index in [2.05, 4.69) is 21.2 Å². The zero-order chi connectivity index (χ0) is 22.9. The van der Waals surface area contributed by atoms with Gasteiger partial charge in [-0.05, 0) is 42.5 Å². The summed E-state index contributed by atoms with van der Waals surface area (Å²) in [5, 5.41) is 18.6. The van der Waals surface area contributed by atoms with Crippen molar-refractivity contribution in [3.05, 3.63) is 83.9 Å². The number of nitrogens with one attached hydrogen (secondary N) is 3. The number of para-hydroxylation sites is 2. The molecule has 4 N–H and O–H groups in total. The molecular weight excluding hydrogens is 412 g/mol. The molecule has 0 bridgehead atoms. The van der Waals surface area contributed by atoms with Gasteiger partial charge in [-0.25, -0.2) is 5.43 Å². The summed E-state index contributed by atoms with van der Waals surface area (Å²) in [5.74, 6) is -2.11. The molecule has 0 unspecified atom stereocenters. The van der Waals surface area contributed by atoms with E-state index < -0.39 is 17.7 Å². The number of phenolic OH excluding ortho intramolecular Hbond substituents is 1. The van der Waals surface area contributed by atoms with E-state index in [0.717, 1.165) is 0 Å². The van der Waals surface area contributed by atoms with Crippen LogP contribution >= 0.6 is 0 Å². The molecule has 0 heterocycles. The second-order valence-electron chi connectivity index (χ2n) is 6.44. The average Bonchev–Trinajstić information content (AvgIpc) is 2.81. The molecule has 0 saturated carbocycles. The topological polar surface area (TPSA) is 129 Å². The first-order valence-electron chi connectivity index (χ1n) is 9.44. The molecular formula is C23H20N4O5. The van der Waals surface area contributed by atoms with Crippen molar-refractivity contribution in [1.82, 2.24) is 5.43 Å². The molecule has 0 saturated heterocycles. The summed E-state index contributed by atoms with van der Waals surface area (Å²) in [6.07, 6.45) is 1.17. The van der Waals surface area contributed by atoms with Crippen molar-refractivity contribution in [3.63, 3.8) is 0 Å². The minimum absolute atomic E-state index is 0.0772. The van der Waals surface area contributed by atoms with Gasteiger partial charge in [0.1, 0.15) is 11.5 Å². The number of ether oxygens (including phenoxy) is 1. The summed E-state index contributed by atoms with van der Waals surface area (Å²) in [7, 11) is 1.47. The second kappa shape index (κ2) is 10.4. The Morgan fingerprint density at radius 3 is 2.38 bits per heavy atom. The van der Waals surface area contributed by atoms with Gasteiger partial charge in [-0.1, -0.05) is 30.3 Å². The zero-order valence-corrected chi connectivity index (χ0v) is 17.0. The minimum Gasteiger partial charge on any atom is -0.507 e. The van der Waals surface area contributed by atoms with Gasteiger partial charge in [0, 0.05) is 11.3 Å². The third-order valence-electron chi connectivity index (χ3n) is 4.26. The predicted octanol–water partition coefficient (Wildman–Crippen LogP) is 2.74. The van der Waals surface area contributed by atoms with Crippen LogP contribution in [0.1, 0.15) is 15.9 Å². The van der Waals surface area contributed by atoms with Gasteiger partial charge in [-0.2, -0.15) is 5.10 Å². The number of carbonyl (C=O) groups is 3. The van der Waals surface area contributed by atoms with Gasteiger partial charge < -0.3 is 20.5 Å². The Kier molecular flexibility index (Phi) is 7.16. The number of hydrogen-bond acceptors (Lipinski definition) is 6. The first-order valence-corrected chi connectivity index (χ1v) is 9.44. The number of nitrogens with zero attached hydrogens (tertiary/aromatic N) is 1. The number of benzene rings is 3. The molecule has 3 amide bonds. The number of methoxy groups -OCH3 is 1. The van der Waals surface area contributed by atoms with Gasteiger partial charge in [0.15, 0.2) is 0 Å². The lowest BCUT2D eigenvalue weighted by molar-refractivity contribution is -0.136. The summed E-state index contributed by atoms with van der Waals surface area (Å²) in [6, 6.07) is 19.6. The van der Waals surface area contributed by atoms with Crippen LogP contribution in [-0.2, 0) is 9.59 Å². The minimum atomic E-state index is -1.05. The maximum absolute atomic E-state index is 12.6. The summed E-state index contributed by atoms with van der Waals surface area (Å²) >= 11 is 0. The fraction of sp³-hybridized carbons (Fsp3) is 0.0435. The first-order chi connectivity index (χ1) is 15.5. The third-order valence-corrected chi connectivity index (χ3v) is 4.26. The molecule has 32 heavy (non-hydrogen) atoms. The van der Waals surface area contributed by atoms with Gasteiger partial charge in [-0.3, -0.25) is 14.4 Å². The Morgan fingerprint density at radius 1 is 0.906 bits per heavy atom. The molecule has 0 aromatic heterocycles. The van der Waals surface area contributed by atoms with Crippen molar-refractivity contribution in [2.75, 3.05) is 17.7 Å². The molecule has 3 rings (SSSR count). The van der Waals surface area contributed by atoms with E-state index in [4.69, 9.17) is 4.74 Å². The number of carbonyl (C=O) groups excluding carboxylic acids is 3. The lowest BCUT2D eigenvalue weighted by atomic mass is 10.1. The molecule has 9 heteroatoms. The van der Waals surface area contributed by atoms with Crippen LogP contribution in [0.2, 0.25) is 0 Å². The smallest absolute Gasteiger partial charge is 0.329 e. The van der Waals surface area contributed by atoms with E-state index in [1.54, 1.807) is 42.5 Å². The zero-order valence-electron chi connectivity index (χ0n) is 17.0. The quantitative estimate of drug-likeness (QED) is 0.270. The number of anilines is 2. The SMILES string of the molecule is COc1ccc(O)c(C=NNC(=O)C(=O)Nc2ccccc2C(=O)Nc2ccccc2)c1. The lowest BCUT2D eigenvalue weighted by Gasteiger charge is -2.11. The number of amides is 3. The molecule has 0 atom stereocenters. The standard InChI is InChI=1S/C23H20N4O5/c1-32-17-11-12-20(28)15(13-17)14-24-27-23(31)22(30)26-19-10-6-5-9-18(19)21(29)25-16-7-3-2-4-8-16/h2-14,28H,1H3,(H,25,29)(H,26,30)(H,27,31). The van der Waals surface area contributed by atoms with Gasteiger partial charge in [0.25, 0.3) is 5.91 Å². The van der Waals surface area contributed by atoms with Crippen molar-refractivity contribution < 1.29 is 24.2 Å². The number of aromatic hydroxyl groups is 1. The molecule has 0 aliphatic carbocycles. The normalized spacial score (nSPS) is 10.4. The highest BCUT2D eigenvalue weighted by molar-refractivity contribution is 6.40. The Hall–Kier alpha value is -4.66. The molecule has 0 radical (unpaired) electrons. The highest BCUT2D eigenvalue weighted by Gasteiger charge is 2.17. The fourth-order valence-corrected chi connectivity index (χ4v) is 2.66. The Labute approximate surface area is 183 Å². The van der Waals surface area contributed by atoms with Crippen molar-refractivity contribution in [1.29, 1.82) is 0 Å². The number of hydrogen-bond donors (Lipinski definition) is 4. The molecule has 0 aliphatic heterocycles. The predicted molar refractivity (Wildman–Crippen MR) is 120 cm³/mol. The number of hydrazone groups is 1. The number of rotatable bonds is 6. The Balaban J connectivity index is 1.64. The van der Waals surface area contributed by atoms with Gasteiger partial charge in [0.2, 0.25) is 0 Å². The maximum Gasteiger partial charge on any atom is 0.329 e. The highest BCUT2D eigenvalue weighted by Crippen LogP contribution is 2.21. The van der Waals surface area contributed by atoms with Crippen molar-refractivity contribution in [2.45, 2.75) is 0 Å². The summed E-state index contributed by atoms with van der Waals surface area (Å²) < 4.78 is 5.05. The van der Waals surface area contributed by atoms with Crippen LogP contribution in [0, 0.1) is 0 Å². The fourth-order valence-electron chi connectivity index (χ4n) is 2.66. The van der Waals surface area contributed by atoms with E-state index in [0.29, 0.717) is 11.4 Å². The molecule has 0 spiro atoms. The van der Waals surface area contributed by atoms with E-state index in [-0.39, 0.29) is 22.6 Å². The van der Waals surface area contributed by atoms with E-state index in [1.165, 1.54) is 37.6 Å². The lowest BCUT2D eigenvalue weighted by Crippen LogP contribution is -2.33. The molecule has 0 aliphatic rings. The average molecular weight is 432 g/mol. The van der Waals surface area contributed by atoms with E-state index in [1.807, 2.05) is 6.07 Å². The van der Waals surface area contributed by atoms with Crippen LogP contribution in [0.25, 0.3) is 0 Å². The molecule has 162 valence electrons. The van der Waals surface area contributed by atoms with Crippen LogP contribution in [0.3, 0.4) is 0 Å². The van der Waals surface area contributed by atoms with Gasteiger partial charge in [0.05, 0.1) is 24.6 Å². The van der Waals surface area contributed by atoms with E-state index >= 15 is 0 Å². The van der Waals surface area contributed by atoms with Gasteiger partial charge >= 0.3 is 11.8 Å². The largest absolute Gasteiger partial charge is 0.507 e. The van der Waals surface area contributed by atoms with Crippen LogP contribution in [0.5, 0.6) is 11.5 Å². The monoisotopic (exact) mass is 432 g/mol. The summed E-state index contributed by atoms with van der Waals surface area (Å²) in [4.78, 5) is 36.9. The van der Waals surface area contributed by atoms with Crippen LogP contribution < -0.4 is 20.8 Å². The molecule has 3 aromatic rings. The second-order valence-corrected chi connectivity index (χ2v) is 6.44. The molecule has 9 nitrogen and oxygen atoms in total.